The molecule has 0 unspecified atom stereocenters. The van der Waals surface area contributed by atoms with Crippen LogP contribution < -0.4 is 0 Å². The lowest BCUT2D eigenvalue weighted by molar-refractivity contribution is -0.232. The second kappa shape index (κ2) is 8.97. The van der Waals surface area contributed by atoms with Crippen molar-refractivity contribution in [2.45, 2.75) is 90.1 Å². The van der Waals surface area contributed by atoms with Gasteiger partial charge in [0.25, 0.3) is 0 Å². The first-order valence-corrected chi connectivity index (χ1v) is 13.7. The van der Waals surface area contributed by atoms with E-state index in [1.807, 2.05) is 13.8 Å². The third-order valence-electron chi connectivity index (χ3n) is 10.4. The fraction of sp³-hybridized carbons (Fsp3) is 0.750. The molecule has 0 aliphatic heterocycles. The van der Waals surface area contributed by atoms with Crippen LogP contribution in [0.25, 0.3) is 0 Å². The second-order valence-electron chi connectivity index (χ2n) is 12.3. The molecule has 1 N–H and O–H groups in total. The zero-order valence-electron chi connectivity index (χ0n) is 21.2. The van der Waals surface area contributed by atoms with Crippen LogP contribution in [0, 0.1) is 40.4 Å². The number of allylic oxidation sites excluding steroid dienone is 4. The zero-order chi connectivity index (χ0) is 26.0. The number of aliphatic hydroxyl groups excluding tert-OH is 1. The Hall–Kier alpha value is -1.67. The summed E-state index contributed by atoms with van der Waals surface area (Å²) in [5.41, 5.74) is -4.06. The SMILES string of the molecule is C[C@@H]1C[C@H]2[C@@H]3C[C@H](F)C4=CC(=O)C=C[C@]4(C)[C@@]3(F)[C@@H](O)C[C@]2(C)[C@H]1C(=S)OOC(=O)C1CCCCC1. The summed E-state index contributed by atoms with van der Waals surface area (Å²) in [7, 11) is 0. The molecular formula is C28H36F2O5S. The number of ketones is 1. The summed E-state index contributed by atoms with van der Waals surface area (Å²) in [6.07, 6.45) is 6.33. The lowest BCUT2D eigenvalue weighted by Crippen LogP contribution is -2.68. The molecule has 4 saturated carbocycles. The minimum Gasteiger partial charge on any atom is -0.390 e. The zero-order valence-corrected chi connectivity index (χ0v) is 22.0. The number of carbonyl (C=O) groups excluding carboxylic acids is 2. The van der Waals surface area contributed by atoms with Crippen molar-refractivity contribution in [1.82, 2.24) is 0 Å². The van der Waals surface area contributed by atoms with Gasteiger partial charge in [-0.15, -0.1) is 0 Å². The first-order valence-electron chi connectivity index (χ1n) is 13.3. The first kappa shape index (κ1) is 26.0. The van der Waals surface area contributed by atoms with Gasteiger partial charge in [-0.2, -0.15) is 0 Å². The molecule has 0 aromatic rings. The van der Waals surface area contributed by atoms with Crippen LogP contribution >= 0.6 is 12.2 Å². The van der Waals surface area contributed by atoms with Crippen LogP contribution in [-0.2, 0) is 19.4 Å². The Morgan fingerprint density at radius 1 is 1.14 bits per heavy atom. The molecule has 0 saturated heterocycles. The van der Waals surface area contributed by atoms with E-state index in [1.165, 1.54) is 18.2 Å². The van der Waals surface area contributed by atoms with Crippen molar-refractivity contribution in [3.05, 3.63) is 23.8 Å². The largest absolute Gasteiger partial charge is 0.390 e. The number of hydrogen-bond acceptors (Lipinski definition) is 6. The van der Waals surface area contributed by atoms with Gasteiger partial charge >= 0.3 is 5.97 Å². The standard InChI is InChI=1S/C28H36F2O5S/c1-15-11-18-19-13-21(29)20-12-17(31)9-10-27(20,3)28(19,30)22(32)14-26(18,2)23(15)25(36)35-34-24(33)16-7-5-4-6-8-16/h9-10,12,15-16,18-19,21-23,32H,4-8,11,13-14H2,1-3H3/t15-,18+,19+,21+,22+,23-,26+,27+,28+/m1/s1. The van der Waals surface area contributed by atoms with E-state index < -0.39 is 40.7 Å². The van der Waals surface area contributed by atoms with Crippen LogP contribution in [0.4, 0.5) is 8.78 Å². The van der Waals surface area contributed by atoms with Crippen LogP contribution in [0.3, 0.4) is 0 Å². The summed E-state index contributed by atoms with van der Waals surface area (Å²) in [6.45, 7) is 5.57. The average molecular weight is 523 g/mol. The van der Waals surface area contributed by atoms with E-state index in [1.54, 1.807) is 6.92 Å². The van der Waals surface area contributed by atoms with Gasteiger partial charge in [-0.1, -0.05) is 39.2 Å². The smallest absolute Gasteiger partial charge is 0.358 e. The summed E-state index contributed by atoms with van der Waals surface area (Å²) in [5.74, 6) is -2.36. The van der Waals surface area contributed by atoms with E-state index in [0.717, 1.165) is 32.1 Å². The molecule has 5 aliphatic rings. The molecule has 36 heavy (non-hydrogen) atoms. The Morgan fingerprint density at radius 3 is 2.53 bits per heavy atom. The molecule has 4 fully saturated rings. The molecule has 9 atom stereocenters. The molecule has 5 aliphatic carbocycles. The van der Waals surface area contributed by atoms with Crippen molar-refractivity contribution in [1.29, 1.82) is 0 Å². The number of fused-ring (bicyclic) bond motifs is 5. The van der Waals surface area contributed by atoms with Crippen LogP contribution in [0.15, 0.2) is 23.8 Å². The third-order valence-corrected chi connectivity index (χ3v) is 10.7. The number of thiocarbonyl (C=S) groups is 1. The monoisotopic (exact) mass is 522 g/mol. The maximum Gasteiger partial charge on any atom is 0.358 e. The van der Waals surface area contributed by atoms with E-state index in [9.17, 15) is 14.7 Å². The Balaban J connectivity index is 1.40. The molecule has 5 rings (SSSR count). The Bertz CT molecular complexity index is 1020. The van der Waals surface area contributed by atoms with Crippen LogP contribution in [-0.4, -0.2) is 39.9 Å². The molecule has 0 aromatic carbocycles. The van der Waals surface area contributed by atoms with E-state index in [2.05, 4.69) is 0 Å². The maximum absolute atomic E-state index is 17.2. The minimum atomic E-state index is -2.12. The fourth-order valence-electron chi connectivity index (χ4n) is 8.61. The van der Waals surface area contributed by atoms with Gasteiger partial charge in [0.1, 0.15) is 6.17 Å². The van der Waals surface area contributed by atoms with Gasteiger partial charge in [0, 0.05) is 17.3 Å². The highest BCUT2D eigenvalue weighted by Crippen LogP contribution is 2.70. The summed E-state index contributed by atoms with van der Waals surface area (Å²) < 4.78 is 32.7. The Kier molecular flexibility index (Phi) is 6.47. The normalized spacial score (nSPS) is 46.3. The van der Waals surface area contributed by atoms with E-state index in [4.69, 9.17) is 22.0 Å². The van der Waals surface area contributed by atoms with Gasteiger partial charge in [0.15, 0.2) is 11.5 Å². The predicted molar refractivity (Wildman–Crippen MR) is 133 cm³/mol. The molecule has 0 radical (unpaired) electrons. The second-order valence-corrected chi connectivity index (χ2v) is 12.7. The predicted octanol–water partition coefficient (Wildman–Crippen LogP) is 5.55. The summed E-state index contributed by atoms with van der Waals surface area (Å²) in [4.78, 5) is 35.1. The first-order chi connectivity index (χ1) is 16.9. The highest BCUT2D eigenvalue weighted by atomic mass is 32.1. The molecule has 0 amide bonds. The highest BCUT2D eigenvalue weighted by molar-refractivity contribution is 7.80. The molecule has 0 aromatic heterocycles. The van der Waals surface area contributed by atoms with Gasteiger partial charge in [0.05, 0.1) is 12.0 Å². The van der Waals surface area contributed by atoms with E-state index in [-0.39, 0.29) is 52.9 Å². The molecule has 8 heteroatoms. The van der Waals surface area contributed by atoms with Crippen LogP contribution in [0.5, 0.6) is 0 Å². The quantitative estimate of drug-likeness (QED) is 0.291. The number of carbonyl (C=O) groups is 2. The molecule has 0 heterocycles. The summed E-state index contributed by atoms with van der Waals surface area (Å²) in [6, 6.07) is 0. The van der Waals surface area contributed by atoms with Crippen molar-refractivity contribution in [2.75, 3.05) is 0 Å². The van der Waals surface area contributed by atoms with Gasteiger partial charge in [-0.05, 0) is 86.2 Å². The van der Waals surface area contributed by atoms with Gasteiger partial charge < -0.3 is 5.11 Å². The van der Waals surface area contributed by atoms with Crippen molar-refractivity contribution < 1.29 is 33.3 Å². The molecule has 0 spiro atoms. The molecular weight excluding hydrogens is 486 g/mol. The lowest BCUT2D eigenvalue weighted by atomic mass is 9.45. The topological polar surface area (TPSA) is 72.8 Å². The summed E-state index contributed by atoms with van der Waals surface area (Å²) in [5, 5.41) is 11.5. The Labute approximate surface area is 216 Å². The maximum atomic E-state index is 17.2. The fourth-order valence-corrected chi connectivity index (χ4v) is 9.15. The van der Waals surface area contributed by atoms with Crippen molar-refractivity contribution in [3.63, 3.8) is 0 Å². The van der Waals surface area contributed by atoms with Gasteiger partial charge in [0.2, 0.25) is 5.05 Å². The molecule has 0 bridgehead atoms. The van der Waals surface area contributed by atoms with Gasteiger partial charge in [-0.3, -0.25) is 9.68 Å². The van der Waals surface area contributed by atoms with E-state index in [0.29, 0.717) is 6.42 Å². The third kappa shape index (κ3) is 3.64. The number of hydrogen-bond donors (Lipinski definition) is 1. The van der Waals surface area contributed by atoms with E-state index >= 15 is 8.78 Å². The minimum absolute atomic E-state index is 0.0262. The number of halogens is 2. The van der Waals surface area contributed by atoms with Crippen molar-refractivity contribution >= 4 is 29.0 Å². The highest BCUT2D eigenvalue weighted by Gasteiger charge is 2.73. The molecule has 198 valence electrons. The van der Waals surface area contributed by atoms with Crippen LogP contribution in [0.2, 0.25) is 0 Å². The number of alkyl halides is 2. The Morgan fingerprint density at radius 2 is 1.83 bits per heavy atom. The van der Waals surface area contributed by atoms with Crippen LogP contribution in [0.1, 0.15) is 72.1 Å². The van der Waals surface area contributed by atoms with Crippen molar-refractivity contribution in [2.24, 2.45) is 40.4 Å². The summed E-state index contributed by atoms with van der Waals surface area (Å²) >= 11 is 5.61. The average Bonchev–Trinajstić information content (AvgIpc) is 3.10. The number of aliphatic hydroxyl groups is 1. The lowest BCUT2D eigenvalue weighted by Gasteiger charge is -2.62. The molecule has 5 nitrogen and oxygen atoms in total. The van der Waals surface area contributed by atoms with Crippen molar-refractivity contribution in [3.8, 4) is 0 Å². The number of rotatable bonds is 2. The van der Waals surface area contributed by atoms with Gasteiger partial charge in [-0.25, -0.2) is 18.5 Å².